The molecule has 49 heavy (non-hydrogen) atoms. The first-order valence-electron chi connectivity index (χ1n) is 16.2. The molecule has 0 aliphatic carbocycles. The molecule has 1 aromatic heterocycles. The molecule has 252 valence electrons. The van der Waals surface area contributed by atoms with Crippen LogP contribution in [-0.4, -0.2) is 40.7 Å². The van der Waals surface area contributed by atoms with Gasteiger partial charge in [-0.05, 0) is 34.4 Å². The van der Waals surface area contributed by atoms with Gasteiger partial charge in [0, 0.05) is 12.3 Å². The fourth-order valence-electron chi connectivity index (χ4n) is 6.03. The monoisotopic (exact) mass is 660 g/mol. The average Bonchev–Trinajstić information content (AvgIpc) is 3.45. The molecule has 1 saturated heterocycles. The summed E-state index contributed by atoms with van der Waals surface area (Å²) in [5.74, 6) is 0.675. The average molecular weight is 661 g/mol. The van der Waals surface area contributed by atoms with E-state index >= 15 is 0 Å². The van der Waals surface area contributed by atoms with E-state index in [0.29, 0.717) is 12.4 Å². The van der Waals surface area contributed by atoms with Crippen molar-refractivity contribution in [1.29, 1.82) is 0 Å². The van der Waals surface area contributed by atoms with Crippen LogP contribution in [-0.2, 0) is 45.3 Å². The standard InChI is InChI=1S/C40H40N2O7/c1-3-40(48-28-33-17-11-6-12-18-33)37(47-27-32-15-9-5-10-16-32)35(29-46-26-31-13-7-4-8-14-31)49-38(40)41-24-23-36(43)42(39(41)44)25-30-19-21-34(45-2)22-20-30/h3-24,35,37-38H,1,25-29H2,2H3/t35-,37-,38-,40-/m1/s1. The highest BCUT2D eigenvalue weighted by Crippen LogP contribution is 2.44. The molecule has 2 heterocycles. The minimum atomic E-state index is -1.36. The van der Waals surface area contributed by atoms with Gasteiger partial charge in [0.2, 0.25) is 0 Å². The lowest BCUT2D eigenvalue weighted by Crippen LogP contribution is -2.52. The van der Waals surface area contributed by atoms with Gasteiger partial charge in [0.15, 0.2) is 11.8 Å². The first-order valence-corrected chi connectivity index (χ1v) is 16.2. The Morgan fingerprint density at radius 2 is 1.35 bits per heavy atom. The second-order valence-corrected chi connectivity index (χ2v) is 11.9. The summed E-state index contributed by atoms with van der Waals surface area (Å²) in [7, 11) is 1.58. The van der Waals surface area contributed by atoms with Gasteiger partial charge >= 0.3 is 5.69 Å². The molecule has 1 aliphatic heterocycles. The van der Waals surface area contributed by atoms with Crippen LogP contribution >= 0.6 is 0 Å². The van der Waals surface area contributed by atoms with Gasteiger partial charge in [-0.2, -0.15) is 0 Å². The molecule has 0 spiro atoms. The molecule has 4 aromatic carbocycles. The molecule has 0 saturated carbocycles. The molecule has 0 radical (unpaired) electrons. The quantitative estimate of drug-likeness (QED) is 0.129. The fraction of sp³-hybridized carbons (Fsp3) is 0.250. The third-order valence-electron chi connectivity index (χ3n) is 8.64. The summed E-state index contributed by atoms with van der Waals surface area (Å²) in [4.78, 5) is 27.4. The summed E-state index contributed by atoms with van der Waals surface area (Å²) >= 11 is 0. The van der Waals surface area contributed by atoms with Crippen molar-refractivity contribution in [2.45, 2.75) is 50.4 Å². The summed E-state index contributed by atoms with van der Waals surface area (Å²) in [6.45, 7) is 5.21. The van der Waals surface area contributed by atoms with Gasteiger partial charge in [-0.25, -0.2) is 4.79 Å². The van der Waals surface area contributed by atoms with E-state index in [1.807, 2.05) is 103 Å². The van der Waals surface area contributed by atoms with Crippen LogP contribution in [0.2, 0.25) is 0 Å². The van der Waals surface area contributed by atoms with Crippen molar-refractivity contribution >= 4 is 0 Å². The lowest BCUT2D eigenvalue weighted by Gasteiger charge is -2.36. The Morgan fingerprint density at radius 1 is 0.755 bits per heavy atom. The number of methoxy groups -OCH3 is 1. The highest BCUT2D eigenvalue weighted by Gasteiger charge is 2.58. The Morgan fingerprint density at radius 3 is 1.94 bits per heavy atom. The molecular weight excluding hydrogens is 620 g/mol. The minimum absolute atomic E-state index is 0.0543. The SMILES string of the molecule is C=C[C@@]1(OCc2ccccc2)[C@H](OCc2ccccc2)[C@@H](COCc2ccccc2)O[C@H]1n1ccc(=O)n(Cc2ccc(OC)cc2)c1=O. The fourth-order valence-corrected chi connectivity index (χ4v) is 6.03. The predicted octanol–water partition coefficient (Wildman–Crippen LogP) is 5.91. The maximum Gasteiger partial charge on any atom is 0.333 e. The lowest BCUT2D eigenvalue weighted by molar-refractivity contribution is -0.143. The third-order valence-corrected chi connectivity index (χ3v) is 8.64. The molecule has 6 rings (SSSR count). The van der Waals surface area contributed by atoms with E-state index in [1.165, 1.54) is 21.4 Å². The van der Waals surface area contributed by atoms with Crippen LogP contribution in [0.1, 0.15) is 28.5 Å². The van der Waals surface area contributed by atoms with Crippen molar-refractivity contribution in [1.82, 2.24) is 9.13 Å². The van der Waals surface area contributed by atoms with E-state index in [4.69, 9.17) is 23.7 Å². The molecule has 0 unspecified atom stereocenters. The van der Waals surface area contributed by atoms with Crippen LogP contribution in [0, 0.1) is 0 Å². The number of aromatic nitrogens is 2. The van der Waals surface area contributed by atoms with Gasteiger partial charge in [-0.1, -0.05) is 116 Å². The number of ether oxygens (including phenoxy) is 5. The van der Waals surface area contributed by atoms with Gasteiger partial charge in [0.1, 0.15) is 18.0 Å². The molecule has 0 N–H and O–H groups in total. The lowest BCUT2D eigenvalue weighted by atomic mass is 9.93. The second-order valence-electron chi connectivity index (χ2n) is 11.9. The Balaban J connectivity index is 1.38. The molecule has 1 aliphatic rings. The zero-order valence-corrected chi connectivity index (χ0v) is 27.4. The number of benzene rings is 4. The van der Waals surface area contributed by atoms with Crippen molar-refractivity contribution in [3.63, 3.8) is 0 Å². The normalized spacial score (nSPS) is 20.2. The summed E-state index contributed by atoms with van der Waals surface area (Å²) in [6.07, 6.45) is 0.642. The Hall–Kier alpha value is -5.06. The van der Waals surface area contributed by atoms with Gasteiger partial charge in [-0.3, -0.25) is 13.9 Å². The highest BCUT2D eigenvalue weighted by atomic mass is 16.6. The molecule has 5 aromatic rings. The van der Waals surface area contributed by atoms with E-state index < -0.39 is 35.3 Å². The Kier molecular flexibility index (Phi) is 11.0. The molecular formula is C40H40N2O7. The zero-order chi connectivity index (χ0) is 34.1. The van der Waals surface area contributed by atoms with Crippen LogP contribution in [0.15, 0.2) is 150 Å². The van der Waals surface area contributed by atoms with Gasteiger partial charge in [0.25, 0.3) is 5.56 Å². The van der Waals surface area contributed by atoms with Gasteiger partial charge in [0.05, 0.1) is 40.1 Å². The van der Waals surface area contributed by atoms with Crippen molar-refractivity contribution in [3.05, 3.63) is 183 Å². The first kappa shape index (κ1) is 33.8. The number of hydrogen-bond donors (Lipinski definition) is 0. The van der Waals surface area contributed by atoms with E-state index in [1.54, 1.807) is 25.3 Å². The summed E-state index contributed by atoms with van der Waals surface area (Å²) in [5.41, 5.74) is 1.29. The Bertz CT molecular complexity index is 1910. The number of hydrogen-bond acceptors (Lipinski definition) is 7. The van der Waals surface area contributed by atoms with Crippen LogP contribution in [0.4, 0.5) is 0 Å². The van der Waals surface area contributed by atoms with Crippen molar-refractivity contribution in [2.75, 3.05) is 13.7 Å². The number of rotatable bonds is 15. The van der Waals surface area contributed by atoms with Gasteiger partial charge < -0.3 is 23.7 Å². The predicted molar refractivity (Wildman–Crippen MR) is 186 cm³/mol. The van der Waals surface area contributed by atoms with Crippen molar-refractivity contribution in [3.8, 4) is 5.75 Å². The minimum Gasteiger partial charge on any atom is -0.497 e. The van der Waals surface area contributed by atoms with Crippen molar-refractivity contribution < 1.29 is 23.7 Å². The van der Waals surface area contributed by atoms with E-state index in [9.17, 15) is 9.59 Å². The van der Waals surface area contributed by atoms with Crippen LogP contribution < -0.4 is 16.0 Å². The van der Waals surface area contributed by atoms with Crippen molar-refractivity contribution in [2.24, 2.45) is 0 Å². The number of nitrogens with zero attached hydrogens (tertiary/aromatic N) is 2. The first-order chi connectivity index (χ1) is 24.0. The summed E-state index contributed by atoms with van der Waals surface area (Å²) in [6, 6.07) is 38.0. The largest absolute Gasteiger partial charge is 0.497 e. The molecule has 9 nitrogen and oxygen atoms in total. The van der Waals surface area contributed by atoms with Gasteiger partial charge in [-0.15, -0.1) is 0 Å². The highest BCUT2D eigenvalue weighted by molar-refractivity contribution is 5.27. The van der Waals surface area contributed by atoms with Crippen LogP contribution in [0.5, 0.6) is 5.75 Å². The molecule has 0 bridgehead atoms. The van der Waals surface area contributed by atoms with E-state index in [-0.39, 0.29) is 26.4 Å². The summed E-state index contributed by atoms with van der Waals surface area (Å²) < 4.78 is 34.2. The third kappa shape index (κ3) is 7.82. The topological polar surface area (TPSA) is 90.2 Å². The van der Waals surface area contributed by atoms with Crippen LogP contribution in [0.3, 0.4) is 0 Å². The Labute approximate surface area is 285 Å². The van der Waals surface area contributed by atoms with E-state index in [0.717, 1.165) is 22.3 Å². The molecule has 0 amide bonds. The summed E-state index contributed by atoms with van der Waals surface area (Å²) in [5, 5.41) is 0. The maximum absolute atomic E-state index is 14.2. The molecule has 9 heteroatoms. The smallest absolute Gasteiger partial charge is 0.333 e. The van der Waals surface area contributed by atoms with E-state index in [2.05, 4.69) is 6.58 Å². The molecule has 4 atom stereocenters. The maximum atomic E-state index is 14.2. The zero-order valence-electron chi connectivity index (χ0n) is 27.4. The molecule has 1 fully saturated rings. The van der Waals surface area contributed by atoms with Crippen LogP contribution in [0.25, 0.3) is 0 Å². The second kappa shape index (κ2) is 15.9.